The lowest BCUT2D eigenvalue weighted by Gasteiger charge is -2.36. The smallest absolute Gasteiger partial charge is 0.257 e. The van der Waals surface area contributed by atoms with Crippen molar-refractivity contribution in [2.24, 2.45) is 0 Å². The van der Waals surface area contributed by atoms with Crippen molar-refractivity contribution in [1.29, 1.82) is 0 Å². The van der Waals surface area contributed by atoms with Crippen molar-refractivity contribution < 1.29 is 23.2 Å². The summed E-state index contributed by atoms with van der Waals surface area (Å²) in [5, 5.41) is 2.77. The van der Waals surface area contributed by atoms with E-state index < -0.39 is 17.5 Å². The van der Waals surface area contributed by atoms with Crippen LogP contribution in [0.2, 0.25) is 0 Å². The summed E-state index contributed by atoms with van der Waals surface area (Å²) >= 11 is 0. The minimum Gasteiger partial charge on any atom is -0.352 e. The van der Waals surface area contributed by atoms with Crippen LogP contribution in [0.15, 0.2) is 18.2 Å². The Labute approximate surface area is 137 Å². The quantitative estimate of drug-likeness (QED) is 0.856. The molecule has 2 unspecified atom stereocenters. The van der Waals surface area contributed by atoms with Crippen LogP contribution in [0.1, 0.15) is 23.7 Å². The van der Waals surface area contributed by atoms with E-state index in [-0.39, 0.29) is 42.6 Å². The summed E-state index contributed by atoms with van der Waals surface area (Å²) in [4.78, 5) is 38.8. The lowest BCUT2D eigenvalue weighted by molar-refractivity contribution is -0.136. The fourth-order valence-electron chi connectivity index (χ4n) is 3.35. The zero-order valence-electron chi connectivity index (χ0n) is 13.1. The average molecular weight is 337 g/mol. The van der Waals surface area contributed by atoms with Crippen LogP contribution in [-0.2, 0) is 9.59 Å². The summed E-state index contributed by atoms with van der Waals surface area (Å²) in [5.74, 6) is -2.76. The molecule has 0 saturated carbocycles. The van der Waals surface area contributed by atoms with Crippen LogP contribution in [0.5, 0.6) is 0 Å². The van der Waals surface area contributed by atoms with Gasteiger partial charge in [-0.2, -0.15) is 0 Å². The van der Waals surface area contributed by atoms with E-state index in [9.17, 15) is 23.2 Å². The van der Waals surface area contributed by atoms with Crippen molar-refractivity contribution in [3.05, 3.63) is 35.4 Å². The number of amides is 3. The second-order valence-electron chi connectivity index (χ2n) is 6.14. The largest absolute Gasteiger partial charge is 0.352 e. The van der Waals surface area contributed by atoms with Gasteiger partial charge in [-0.3, -0.25) is 14.4 Å². The molecule has 128 valence electrons. The molecule has 2 heterocycles. The first-order chi connectivity index (χ1) is 11.3. The van der Waals surface area contributed by atoms with Crippen LogP contribution >= 0.6 is 0 Å². The molecular formula is C16H17F2N3O3. The van der Waals surface area contributed by atoms with Gasteiger partial charge in [-0.15, -0.1) is 0 Å². The molecule has 0 spiro atoms. The van der Waals surface area contributed by atoms with Gasteiger partial charge in [-0.25, -0.2) is 8.78 Å². The average Bonchev–Trinajstić information content (AvgIpc) is 2.88. The molecule has 2 fully saturated rings. The Hall–Kier alpha value is -2.51. The number of halogens is 2. The highest BCUT2D eigenvalue weighted by molar-refractivity contribution is 5.97. The third-order valence-electron chi connectivity index (χ3n) is 4.35. The maximum absolute atomic E-state index is 13.8. The van der Waals surface area contributed by atoms with E-state index in [0.717, 1.165) is 12.1 Å². The molecular weight excluding hydrogens is 320 g/mol. The van der Waals surface area contributed by atoms with E-state index in [2.05, 4.69) is 5.32 Å². The van der Waals surface area contributed by atoms with Gasteiger partial charge in [0.15, 0.2) is 0 Å². The number of carbonyl (C=O) groups is 3. The second-order valence-corrected chi connectivity index (χ2v) is 6.14. The Morgan fingerprint density at radius 1 is 1.25 bits per heavy atom. The van der Waals surface area contributed by atoms with Crippen molar-refractivity contribution in [3.8, 4) is 0 Å². The highest BCUT2D eigenvalue weighted by Gasteiger charge is 2.42. The van der Waals surface area contributed by atoms with Crippen molar-refractivity contribution in [3.63, 3.8) is 0 Å². The topological polar surface area (TPSA) is 69.7 Å². The van der Waals surface area contributed by atoms with Crippen LogP contribution in [0.25, 0.3) is 0 Å². The number of rotatable bonds is 2. The summed E-state index contributed by atoms with van der Waals surface area (Å²) in [6.45, 7) is 1.93. The van der Waals surface area contributed by atoms with E-state index >= 15 is 0 Å². The Morgan fingerprint density at radius 3 is 2.67 bits per heavy atom. The van der Waals surface area contributed by atoms with Gasteiger partial charge in [-0.05, 0) is 18.6 Å². The molecule has 0 aromatic heterocycles. The Morgan fingerprint density at radius 2 is 2.00 bits per heavy atom. The molecule has 3 amide bonds. The highest BCUT2D eigenvalue weighted by Crippen LogP contribution is 2.24. The molecule has 0 aliphatic carbocycles. The lowest BCUT2D eigenvalue weighted by Crippen LogP contribution is -2.55. The summed E-state index contributed by atoms with van der Waals surface area (Å²) in [7, 11) is 0. The number of fused-ring (bicyclic) bond motifs is 1. The van der Waals surface area contributed by atoms with Gasteiger partial charge in [0.25, 0.3) is 5.91 Å². The monoisotopic (exact) mass is 337 g/mol. The maximum Gasteiger partial charge on any atom is 0.257 e. The van der Waals surface area contributed by atoms with Crippen molar-refractivity contribution in [1.82, 2.24) is 15.1 Å². The molecule has 1 aromatic carbocycles. The third kappa shape index (κ3) is 3.08. The minimum absolute atomic E-state index is 0.144. The number of piperazine rings is 1. The van der Waals surface area contributed by atoms with Crippen LogP contribution in [0, 0.1) is 11.6 Å². The lowest BCUT2D eigenvalue weighted by atomic mass is 10.1. The summed E-state index contributed by atoms with van der Waals surface area (Å²) in [5.41, 5.74) is -0.256. The number of hydrogen-bond acceptors (Lipinski definition) is 3. The third-order valence-corrected chi connectivity index (χ3v) is 4.35. The van der Waals surface area contributed by atoms with Gasteiger partial charge in [0.1, 0.15) is 18.2 Å². The van der Waals surface area contributed by atoms with Gasteiger partial charge >= 0.3 is 0 Å². The van der Waals surface area contributed by atoms with Gasteiger partial charge in [0.05, 0.1) is 11.6 Å². The predicted molar refractivity (Wildman–Crippen MR) is 80.0 cm³/mol. The number of benzene rings is 1. The summed E-state index contributed by atoms with van der Waals surface area (Å²) in [6.07, 6.45) is 0.543. The van der Waals surface area contributed by atoms with E-state index in [1.807, 2.05) is 0 Å². The standard InChI is InChI=1S/C16H17F2N3O3/c1-9(22)19-11-5-12-7-20(8-15(23)21(12)6-11)16(24)13-3-2-10(17)4-14(13)18/h2-4,11-12H,5-8H2,1H3,(H,19,22). The highest BCUT2D eigenvalue weighted by atomic mass is 19.1. The first kappa shape index (κ1) is 16.4. The molecule has 24 heavy (non-hydrogen) atoms. The summed E-state index contributed by atoms with van der Waals surface area (Å²) in [6, 6.07) is 2.38. The molecule has 6 nitrogen and oxygen atoms in total. The molecule has 2 aliphatic heterocycles. The Kier molecular flexibility index (Phi) is 4.21. The number of nitrogens with zero attached hydrogens (tertiary/aromatic N) is 2. The minimum atomic E-state index is -0.947. The van der Waals surface area contributed by atoms with Gasteiger partial charge in [0.2, 0.25) is 11.8 Å². The first-order valence-electron chi connectivity index (χ1n) is 7.66. The van der Waals surface area contributed by atoms with E-state index in [0.29, 0.717) is 19.0 Å². The van der Waals surface area contributed by atoms with Gasteiger partial charge in [-0.1, -0.05) is 0 Å². The number of carbonyl (C=O) groups excluding carboxylic acids is 3. The number of hydrogen-bond donors (Lipinski definition) is 1. The van der Waals surface area contributed by atoms with Gasteiger partial charge in [0, 0.05) is 32.1 Å². The molecule has 8 heteroatoms. The fourth-order valence-corrected chi connectivity index (χ4v) is 3.35. The number of nitrogens with one attached hydrogen (secondary N) is 1. The van der Waals surface area contributed by atoms with Crippen LogP contribution in [0.3, 0.4) is 0 Å². The molecule has 0 bridgehead atoms. The SMILES string of the molecule is CC(=O)NC1CC2CN(C(=O)c3ccc(F)cc3F)CC(=O)N2C1. The zero-order chi connectivity index (χ0) is 17.4. The first-order valence-corrected chi connectivity index (χ1v) is 7.66. The van der Waals surface area contributed by atoms with Crippen LogP contribution in [0.4, 0.5) is 8.78 Å². The van der Waals surface area contributed by atoms with E-state index in [1.54, 1.807) is 4.90 Å². The van der Waals surface area contributed by atoms with Crippen molar-refractivity contribution in [2.45, 2.75) is 25.4 Å². The Bertz CT molecular complexity index is 710. The molecule has 1 aromatic rings. The van der Waals surface area contributed by atoms with Crippen LogP contribution in [-0.4, -0.2) is 59.2 Å². The maximum atomic E-state index is 13.8. The van der Waals surface area contributed by atoms with Gasteiger partial charge < -0.3 is 15.1 Å². The molecule has 3 rings (SSSR count). The van der Waals surface area contributed by atoms with E-state index in [4.69, 9.17) is 0 Å². The fraction of sp³-hybridized carbons (Fsp3) is 0.438. The predicted octanol–water partition coefficient (Wildman–Crippen LogP) is 0.526. The molecule has 0 radical (unpaired) electrons. The molecule has 1 N–H and O–H groups in total. The second kappa shape index (κ2) is 6.18. The van der Waals surface area contributed by atoms with Crippen molar-refractivity contribution in [2.75, 3.05) is 19.6 Å². The summed E-state index contributed by atoms with van der Waals surface area (Å²) < 4.78 is 26.8. The molecule has 2 aliphatic rings. The van der Waals surface area contributed by atoms with Crippen LogP contribution < -0.4 is 5.32 Å². The molecule has 2 atom stereocenters. The van der Waals surface area contributed by atoms with Crippen molar-refractivity contribution >= 4 is 17.7 Å². The Balaban J connectivity index is 1.74. The zero-order valence-corrected chi connectivity index (χ0v) is 13.1. The normalized spacial score (nSPS) is 23.2. The molecule has 2 saturated heterocycles. The van der Waals surface area contributed by atoms with E-state index in [1.165, 1.54) is 11.8 Å².